The predicted molar refractivity (Wildman–Crippen MR) is 119 cm³/mol. The lowest BCUT2D eigenvalue weighted by Gasteiger charge is -2.19. The van der Waals surface area contributed by atoms with Crippen molar-refractivity contribution in [2.75, 3.05) is 5.32 Å². The number of rotatable bonds is 6. The highest BCUT2D eigenvalue weighted by molar-refractivity contribution is 5.96. The fourth-order valence-electron chi connectivity index (χ4n) is 3.22. The molecule has 0 aliphatic rings. The molecule has 3 aromatic carbocycles. The minimum atomic E-state index is -1.02. The Morgan fingerprint density at radius 2 is 1.53 bits per heavy atom. The third kappa shape index (κ3) is 5.35. The Bertz CT molecular complexity index is 1060. The molecule has 0 aromatic heterocycles. The molecule has 0 bridgehead atoms. The Balaban J connectivity index is 1.80. The number of hydrogen-bond acceptors (Lipinski definition) is 3. The Kier molecular flexibility index (Phi) is 6.68. The maximum absolute atomic E-state index is 13.1. The van der Waals surface area contributed by atoms with Crippen molar-refractivity contribution in [2.45, 2.75) is 40.2 Å². The van der Waals surface area contributed by atoms with E-state index < -0.39 is 12.1 Å². The van der Waals surface area contributed by atoms with E-state index in [4.69, 9.17) is 4.74 Å². The first-order valence-corrected chi connectivity index (χ1v) is 10.0. The van der Waals surface area contributed by atoms with Crippen LogP contribution < -0.4 is 5.32 Å². The molecule has 0 fully saturated rings. The van der Waals surface area contributed by atoms with Gasteiger partial charge in [-0.05, 0) is 61.6 Å². The van der Waals surface area contributed by atoms with Crippen molar-refractivity contribution in [2.24, 2.45) is 0 Å². The van der Waals surface area contributed by atoms with E-state index in [9.17, 15) is 9.59 Å². The van der Waals surface area contributed by atoms with E-state index in [1.54, 1.807) is 12.1 Å². The standard InChI is InChI=1S/C26H27NO3/c1-17-10-11-19(3)23(14-17)27-26(29)25(22-8-6-5-7-9-22)30-24(28)16-21-13-12-18(2)20(4)15-21/h5-15,25H,16H2,1-4H3,(H,27,29)/t25-/m1/s1. The maximum atomic E-state index is 13.1. The summed E-state index contributed by atoms with van der Waals surface area (Å²) in [4.78, 5) is 25.7. The zero-order chi connectivity index (χ0) is 21.7. The van der Waals surface area contributed by atoms with Crippen molar-refractivity contribution in [1.82, 2.24) is 0 Å². The number of esters is 1. The first-order chi connectivity index (χ1) is 14.3. The van der Waals surface area contributed by atoms with Crippen molar-refractivity contribution in [3.63, 3.8) is 0 Å². The first kappa shape index (κ1) is 21.3. The molecule has 1 amide bonds. The molecule has 154 valence electrons. The molecule has 0 aliphatic heterocycles. The third-order valence-corrected chi connectivity index (χ3v) is 5.16. The number of hydrogen-bond donors (Lipinski definition) is 1. The lowest BCUT2D eigenvalue weighted by Crippen LogP contribution is -2.26. The number of aryl methyl sites for hydroxylation is 4. The second-order valence-corrected chi connectivity index (χ2v) is 7.68. The summed E-state index contributed by atoms with van der Waals surface area (Å²) in [6, 6.07) is 20.8. The third-order valence-electron chi connectivity index (χ3n) is 5.16. The summed E-state index contributed by atoms with van der Waals surface area (Å²) in [5.41, 5.74) is 6.49. The maximum Gasteiger partial charge on any atom is 0.311 e. The molecule has 3 aromatic rings. The molecule has 0 spiro atoms. The van der Waals surface area contributed by atoms with Crippen LogP contribution in [0.3, 0.4) is 0 Å². The normalized spacial score (nSPS) is 11.6. The van der Waals surface area contributed by atoms with Crippen LogP contribution in [-0.4, -0.2) is 11.9 Å². The molecule has 0 saturated carbocycles. The van der Waals surface area contributed by atoms with E-state index in [-0.39, 0.29) is 12.3 Å². The van der Waals surface area contributed by atoms with E-state index in [1.807, 2.05) is 82.3 Å². The zero-order valence-corrected chi connectivity index (χ0v) is 17.9. The fraction of sp³-hybridized carbons (Fsp3) is 0.231. The van der Waals surface area contributed by atoms with Gasteiger partial charge < -0.3 is 10.1 Å². The lowest BCUT2D eigenvalue weighted by atomic mass is 10.0. The summed E-state index contributed by atoms with van der Waals surface area (Å²) in [7, 11) is 0. The van der Waals surface area contributed by atoms with Crippen LogP contribution in [0.15, 0.2) is 66.7 Å². The van der Waals surface area contributed by atoms with Gasteiger partial charge in [0.25, 0.3) is 5.91 Å². The average molecular weight is 402 g/mol. The number of amides is 1. The van der Waals surface area contributed by atoms with Gasteiger partial charge in [-0.2, -0.15) is 0 Å². The van der Waals surface area contributed by atoms with Crippen LogP contribution in [0.5, 0.6) is 0 Å². The van der Waals surface area contributed by atoms with Crippen molar-refractivity contribution in [3.8, 4) is 0 Å². The topological polar surface area (TPSA) is 55.4 Å². The van der Waals surface area contributed by atoms with Crippen LogP contribution in [0, 0.1) is 27.7 Å². The largest absolute Gasteiger partial charge is 0.447 e. The Labute approximate surface area is 177 Å². The summed E-state index contributed by atoms with van der Waals surface area (Å²) in [6.45, 7) is 7.93. The highest BCUT2D eigenvalue weighted by atomic mass is 16.5. The van der Waals surface area contributed by atoms with E-state index in [1.165, 1.54) is 5.56 Å². The molecule has 1 N–H and O–H groups in total. The Hall–Kier alpha value is -3.40. The van der Waals surface area contributed by atoms with Crippen LogP contribution in [0.1, 0.15) is 39.5 Å². The molecule has 4 heteroatoms. The van der Waals surface area contributed by atoms with Gasteiger partial charge in [0.15, 0.2) is 0 Å². The van der Waals surface area contributed by atoms with E-state index in [2.05, 4.69) is 5.32 Å². The molecule has 0 heterocycles. The van der Waals surface area contributed by atoms with Gasteiger partial charge >= 0.3 is 5.97 Å². The van der Waals surface area contributed by atoms with E-state index in [0.29, 0.717) is 11.3 Å². The second kappa shape index (κ2) is 9.40. The molecule has 4 nitrogen and oxygen atoms in total. The van der Waals surface area contributed by atoms with Gasteiger partial charge in [-0.15, -0.1) is 0 Å². The van der Waals surface area contributed by atoms with Gasteiger partial charge in [-0.25, -0.2) is 0 Å². The molecular weight excluding hydrogens is 374 g/mol. The number of ether oxygens (including phenoxy) is 1. The minimum Gasteiger partial charge on any atom is -0.447 e. The summed E-state index contributed by atoms with van der Waals surface area (Å²) in [6.07, 6.45) is -0.911. The number of nitrogens with one attached hydrogen (secondary N) is 1. The minimum absolute atomic E-state index is 0.112. The van der Waals surface area contributed by atoms with Crippen molar-refractivity contribution >= 4 is 17.6 Å². The monoisotopic (exact) mass is 401 g/mol. The van der Waals surface area contributed by atoms with Crippen LogP contribution in [0.25, 0.3) is 0 Å². The van der Waals surface area contributed by atoms with Gasteiger partial charge in [0.1, 0.15) is 0 Å². The first-order valence-electron chi connectivity index (χ1n) is 10.0. The summed E-state index contributed by atoms with van der Waals surface area (Å²) in [5.74, 6) is -0.813. The van der Waals surface area contributed by atoms with Crippen molar-refractivity contribution in [3.05, 3.63) is 100 Å². The lowest BCUT2D eigenvalue weighted by molar-refractivity contribution is -0.154. The Morgan fingerprint density at radius 3 is 2.23 bits per heavy atom. The van der Waals surface area contributed by atoms with Gasteiger partial charge in [0, 0.05) is 11.3 Å². The van der Waals surface area contributed by atoms with Crippen LogP contribution in [-0.2, 0) is 20.7 Å². The fourth-order valence-corrected chi connectivity index (χ4v) is 3.22. The van der Waals surface area contributed by atoms with Gasteiger partial charge in [0.05, 0.1) is 6.42 Å². The Morgan fingerprint density at radius 1 is 0.833 bits per heavy atom. The molecule has 3 rings (SSSR count). The van der Waals surface area contributed by atoms with Crippen LogP contribution in [0.2, 0.25) is 0 Å². The summed E-state index contributed by atoms with van der Waals surface area (Å²) >= 11 is 0. The van der Waals surface area contributed by atoms with Gasteiger partial charge in [-0.1, -0.05) is 60.7 Å². The average Bonchev–Trinajstić information content (AvgIpc) is 2.72. The summed E-state index contributed by atoms with van der Waals surface area (Å²) in [5, 5.41) is 2.92. The molecule has 1 atom stereocenters. The van der Waals surface area contributed by atoms with E-state index in [0.717, 1.165) is 22.3 Å². The van der Waals surface area contributed by atoms with E-state index >= 15 is 0 Å². The smallest absolute Gasteiger partial charge is 0.311 e. The molecule has 0 unspecified atom stereocenters. The molecule has 0 aliphatic carbocycles. The van der Waals surface area contributed by atoms with Crippen molar-refractivity contribution < 1.29 is 14.3 Å². The van der Waals surface area contributed by atoms with Gasteiger partial charge in [-0.3, -0.25) is 9.59 Å². The van der Waals surface area contributed by atoms with Crippen LogP contribution in [0.4, 0.5) is 5.69 Å². The molecule has 0 radical (unpaired) electrons. The molecule has 0 saturated heterocycles. The quantitative estimate of drug-likeness (QED) is 0.564. The number of carbonyl (C=O) groups is 2. The molecular formula is C26H27NO3. The van der Waals surface area contributed by atoms with Crippen molar-refractivity contribution in [1.29, 1.82) is 0 Å². The second-order valence-electron chi connectivity index (χ2n) is 7.68. The van der Waals surface area contributed by atoms with Crippen LogP contribution >= 0.6 is 0 Å². The molecule has 30 heavy (non-hydrogen) atoms. The van der Waals surface area contributed by atoms with Gasteiger partial charge in [0.2, 0.25) is 6.10 Å². The SMILES string of the molecule is Cc1ccc(C)c(NC(=O)[C@H](OC(=O)Cc2ccc(C)c(C)c2)c2ccccc2)c1. The zero-order valence-electron chi connectivity index (χ0n) is 17.9. The number of carbonyl (C=O) groups excluding carboxylic acids is 2. The highest BCUT2D eigenvalue weighted by Crippen LogP contribution is 2.23. The highest BCUT2D eigenvalue weighted by Gasteiger charge is 2.25. The predicted octanol–water partition coefficient (Wildman–Crippen LogP) is 5.39. The summed E-state index contributed by atoms with van der Waals surface area (Å²) < 4.78 is 5.66. The number of benzene rings is 3. The number of anilines is 1.